The molecule has 132 valence electrons. The first-order valence-corrected chi connectivity index (χ1v) is 10.7. The van der Waals surface area contributed by atoms with Gasteiger partial charge in [-0.2, -0.15) is 0 Å². The molecule has 23 heavy (non-hydrogen) atoms. The average molecular weight is 336 g/mol. The predicted molar refractivity (Wildman–Crippen MR) is 106 cm³/mol. The molecule has 1 aromatic carbocycles. The van der Waals surface area contributed by atoms with E-state index in [0.29, 0.717) is 0 Å². The van der Waals surface area contributed by atoms with E-state index in [1.54, 1.807) is 0 Å². The zero-order valence-corrected chi connectivity index (χ0v) is 17.4. The molecule has 0 saturated carbocycles. The summed E-state index contributed by atoms with van der Waals surface area (Å²) in [6.45, 7) is 3.14. The van der Waals surface area contributed by atoms with Gasteiger partial charge in [-0.05, 0) is 18.6 Å². The Balaban J connectivity index is 1.81. The summed E-state index contributed by atoms with van der Waals surface area (Å²) < 4.78 is 2.01. The van der Waals surface area contributed by atoms with E-state index in [2.05, 4.69) is 31.2 Å². The van der Waals surface area contributed by atoms with E-state index in [1.165, 1.54) is 82.7 Å². The SMILES string of the molecule is CCCCCCCCCCCCCCON([SiH3])c1ccccc1. The van der Waals surface area contributed by atoms with E-state index in [4.69, 9.17) is 4.84 Å². The van der Waals surface area contributed by atoms with Crippen LogP contribution < -0.4 is 4.73 Å². The van der Waals surface area contributed by atoms with Gasteiger partial charge in [-0.15, -0.1) is 0 Å². The zero-order valence-electron chi connectivity index (χ0n) is 15.4. The minimum atomic E-state index is 0.857. The van der Waals surface area contributed by atoms with Crippen molar-refractivity contribution in [3.05, 3.63) is 30.3 Å². The lowest BCUT2D eigenvalue weighted by Gasteiger charge is -2.19. The summed E-state index contributed by atoms with van der Waals surface area (Å²) in [4.78, 5) is 5.81. The van der Waals surface area contributed by atoms with Crippen LogP contribution in [0.1, 0.15) is 84.0 Å². The van der Waals surface area contributed by atoms with Gasteiger partial charge in [0.25, 0.3) is 0 Å². The van der Waals surface area contributed by atoms with Crippen molar-refractivity contribution in [1.29, 1.82) is 0 Å². The van der Waals surface area contributed by atoms with Gasteiger partial charge in [0.1, 0.15) is 10.4 Å². The molecule has 0 amide bonds. The van der Waals surface area contributed by atoms with Crippen LogP contribution in [-0.4, -0.2) is 17.0 Å². The first-order chi connectivity index (χ1) is 11.3. The summed E-state index contributed by atoms with van der Waals surface area (Å²) in [6, 6.07) is 10.4. The molecule has 0 aliphatic heterocycles. The van der Waals surface area contributed by atoms with Crippen molar-refractivity contribution in [3.8, 4) is 0 Å². The fourth-order valence-corrected chi connectivity index (χ4v) is 3.34. The van der Waals surface area contributed by atoms with Crippen molar-refractivity contribution in [2.75, 3.05) is 11.3 Å². The van der Waals surface area contributed by atoms with Crippen molar-refractivity contribution in [2.45, 2.75) is 84.0 Å². The highest BCUT2D eigenvalue weighted by Gasteiger charge is 1.99. The molecule has 0 atom stereocenters. The minimum absolute atomic E-state index is 0.857. The Labute approximate surface area is 147 Å². The highest BCUT2D eigenvalue weighted by atomic mass is 28.2. The summed E-state index contributed by atoms with van der Waals surface area (Å²) in [5, 5.41) is 0. The zero-order chi connectivity index (χ0) is 16.6. The van der Waals surface area contributed by atoms with Crippen LogP contribution in [0.2, 0.25) is 0 Å². The standard InChI is InChI=1S/C20H37NOSi/c1-2-3-4-5-6-7-8-9-10-11-12-16-19-22-21(23)20-17-14-13-15-18-20/h13-15,17-18H,2-12,16,19H2,1,23H3. The second kappa shape index (κ2) is 14.8. The van der Waals surface area contributed by atoms with Gasteiger partial charge in [0.2, 0.25) is 0 Å². The largest absolute Gasteiger partial charge is 0.295 e. The van der Waals surface area contributed by atoms with Gasteiger partial charge >= 0.3 is 0 Å². The molecule has 2 nitrogen and oxygen atoms in total. The monoisotopic (exact) mass is 335 g/mol. The molecule has 0 aliphatic carbocycles. The predicted octanol–water partition coefficient (Wildman–Crippen LogP) is 5.41. The van der Waals surface area contributed by atoms with Crippen LogP contribution in [0.4, 0.5) is 5.69 Å². The summed E-state index contributed by atoms with van der Waals surface area (Å²) in [5.74, 6) is 0. The van der Waals surface area contributed by atoms with Gasteiger partial charge in [0.15, 0.2) is 0 Å². The van der Waals surface area contributed by atoms with Gasteiger partial charge in [-0.3, -0.25) is 9.57 Å². The fourth-order valence-electron chi connectivity index (χ4n) is 2.86. The van der Waals surface area contributed by atoms with E-state index >= 15 is 0 Å². The van der Waals surface area contributed by atoms with Crippen molar-refractivity contribution in [3.63, 3.8) is 0 Å². The molecule has 0 radical (unpaired) electrons. The Bertz CT molecular complexity index is 358. The Morgan fingerprint density at radius 1 is 0.739 bits per heavy atom. The molecule has 0 fully saturated rings. The number of anilines is 1. The highest BCUT2D eigenvalue weighted by Crippen LogP contribution is 2.13. The average Bonchev–Trinajstić information content (AvgIpc) is 2.59. The molecule has 3 heteroatoms. The smallest absolute Gasteiger partial charge is 0.145 e. The molecule has 0 saturated heterocycles. The van der Waals surface area contributed by atoms with Gasteiger partial charge < -0.3 is 0 Å². The Morgan fingerprint density at radius 2 is 1.22 bits per heavy atom. The Morgan fingerprint density at radius 3 is 1.74 bits per heavy atom. The summed E-state index contributed by atoms with van der Waals surface area (Å²) in [7, 11) is 0.909. The van der Waals surface area contributed by atoms with E-state index in [9.17, 15) is 0 Å². The lowest BCUT2D eigenvalue weighted by atomic mass is 10.1. The van der Waals surface area contributed by atoms with Crippen LogP contribution >= 0.6 is 0 Å². The van der Waals surface area contributed by atoms with Crippen LogP contribution in [0.25, 0.3) is 0 Å². The van der Waals surface area contributed by atoms with Crippen molar-refractivity contribution in [2.24, 2.45) is 0 Å². The normalized spacial score (nSPS) is 11.0. The second-order valence-corrected chi connectivity index (χ2v) is 7.37. The fraction of sp³-hybridized carbons (Fsp3) is 0.700. The number of nitrogens with zero attached hydrogens (tertiary/aromatic N) is 1. The third-order valence-electron chi connectivity index (χ3n) is 4.40. The number of rotatable bonds is 15. The molecule has 0 aromatic heterocycles. The van der Waals surface area contributed by atoms with Gasteiger partial charge in [0, 0.05) is 0 Å². The second-order valence-electron chi connectivity index (χ2n) is 6.56. The lowest BCUT2D eigenvalue weighted by Crippen LogP contribution is -2.20. The molecule has 0 unspecified atom stereocenters. The van der Waals surface area contributed by atoms with Gasteiger partial charge in [0.05, 0.1) is 12.3 Å². The van der Waals surface area contributed by atoms with E-state index in [-0.39, 0.29) is 0 Å². The maximum atomic E-state index is 5.81. The van der Waals surface area contributed by atoms with Crippen molar-refractivity contribution in [1.82, 2.24) is 0 Å². The Hall–Kier alpha value is -0.803. The molecule has 0 aliphatic rings. The number of unbranched alkanes of at least 4 members (excludes halogenated alkanes) is 11. The third kappa shape index (κ3) is 11.4. The maximum Gasteiger partial charge on any atom is 0.145 e. The topological polar surface area (TPSA) is 12.5 Å². The molecule has 0 spiro atoms. The van der Waals surface area contributed by atoms with Gasteiger partial charge in [-0.1, -0.05) is 95.8 Å². The summed E-state index contributed by atoms with van der Waals surface area (Å²) >= 11 is 0. The maximum absolute atomic E-state index is 5.81. The molecular formula is C20H37NOSi. The molecule has 0 N–H and O–H groups in total. The molecule has 1 aromatic rings. The molecule has 0 bridgehead atoms. The number of para-hydroxylation sites is 1. The number of hydrogen-bond acceptors (Lipinski definition) is 2. The van der Waals surface area contributed by atoms with Crippen molar-refractivity contribution >= 4 is 16.1 Å². The lowest BCUT2D eigenvalue weighted by molar-refractivity contribution is 0.146. The van der Waals surface area contributed by atoms with E-state index in [1.807, 2.05) is 10.8 Å². The van der Waals surface area contributed by atoms with Crippen LogP contribution in [0.3, 0.4) is 0 Å². The summed E-state index contributed by atoms with van der Waals surface area (Å²) in [5.41, 5.74) is 1.18. The molecule has 0 heterocycles. The quantitative estimate of drug-likeness (QED) is 0.241. The van der Waals surface area contributed by atoms with Crippen LogP contribution in [-0.2, 0) is 4.84 Å². The molecular weight excluding hydrogens is 298 g/mol. The molecule has 1 rings (SSSR count). The first kappa shape index (κ1) is 20.2. The highest BCUT2D eigenvalue weighted by molar-refractivity contribution is 6.16. The van der Waals surface area contributed by atoms with Crippen LogP contribution in [0, 0.1) is 0 Å². The van der Waals surface area contributed by atoms with Crippen LogP contribution in [0.15, 0.2) is 30.3 Å². The first-order valence-electron chi connectivity index (χ1n) is 9.76. The minimum Gasteiger partial charge on any atom is -0.295 e. The van der Waals surface area contributed by atoms with Crippen LogP contribution in [0.5, 0.6) is 0 Å². The summed E-state index contributed by atoms with van der Waals surface area (Å²) in [6.07, 6.45) is 16.7. The number of hydrogen-bond donors (Lipinski definition) is 0. The van der Waals surface area contributed by atoms with E-state index < -0.39 is 0 Å². The van der Waals surface area contributed by atoms with Gasteiger partial charge in [-0.25, -0.2) is 0 Å². The Kier molecular flexibility index (Phi) is 13.0. The van der Waals surface area contributed by atoms with Crippen molar-refractivity contribution < 1.29 is 4.84 Å². The number of benzene rings is 1. The third-order valence-corrected chi connectivity index (χ3v) is 5.18. The van der Waals surface area contributed by atoms with E-state index in [0.717, 1.165) is 17.0 Å².